The first-order valence-corrected chi connectivity index (χ1v) is 10.2. The fraction of sp³-hybridized carbons (Fsp3) is 0. The van der Waals surface area contributed by atoms with Crippen LogP contribution >= 0.6 is 11.3 Å². The zero-order valence-electron chi connectivity index (χ0n) is 15.3. The van der Waals surface area contributed by atoms with Crippen molar-refractivity contribution < 1.29 is 0 Å². The average molecular weight is 388 g/mol. The van der Waals surface area contributed by atoms with Crippen molar-refractivity contribution in [1.82, 2.24) is 15.0 Å². The number of thiazole rings is 1. The molecule has 0 saturated carbocycles. The van der Waals surface area contributed by atoms with Crippen LogP contribution in [0.4, 0.5) is 0 Å². The lowest BCUT2D eigenvalue weighted by molar-refractivity contribution is 1.28. The third kappa shape index (κ3) is 2.69. The summed E-state index contributed by atoms with van der Waals surface area (Å²) < 4.78 is 1.16. The van der Waals surface area contributed by atoms with Gasteiger partial charge < -0.3 is 0 Å². The van der Waals surface area contributed by atoms with Gasteiger partial charge in [0, 0.05) is 16.3 Å². The van der Waals surface area contributed by atoms with E-state index in [1.54, 1.807) is 11.3 Å². The molecule has 3 aromatic carbocycles. The molecule has 135 valence electrons. The largest absolute Gasteiger partial charge is 0.246 e. The fourth-order valence-electron chi connectivity index (χ4n) is 3.68. The Hall–Kier alpha value is -3.63. The van der Waals surface area contributed by atoms with Gasteiger partial charge in [-0.15, -0.1) is 11.3 Å². The van der Waals surface area contributed by atoms with Crippen LogP contribution in [0.15, 0.2) is 84.9 Å². The van der Waals surface area contributed by atoms with Crippen LogP contribution in [-0.4, -0.2) is 15.0 Å². The van der Waals surface area contributed by atoms with Crippen molar-refractivity contribution >= 4 is 43.2 Å². The van der Waals surface area contributed by atoms with Gasteiger partial charge in [-0.25, -0.2) is 15.0 Å². The summed E-state index contributed by atoms with van der Waals surface area (Å²) in [7, 11) is 0. The number of hydrogen-bond donors (Lipinski definition) is 0. The maximum atomic E-state index is 4.92. The van der Waals surface area contributed by atoms with Crippen LogP contribution < -0.4 is 0 Å². The molecule has 29 heavy (non-hydrogen) atoms. The standard InChI is InChI=1S/C25H14N3S/c1-3-9-18-17(8-1)15-26-24(21-14-13-16-7-2-4-10-19(16)27-21)23(18)25-28-20-11-5-6-12-22(20)29-25/h1-14H. The highest BCUT2D eigenvalue weighted by Gasteiger charge is 2.18. The molecule has 0 aliphatic heterocycles. The third-order valence-corrected chi connectivity index (χ3v) is 6.12. The van der Waals surface area contributed by atoms with Crippen LogP contribution in [0, 0.1) is 6.20 Å². The summed E-state index contributed by atoms with van der Waals surface area (Å²) in [6, 6.07) is 28.7. The first-order chi connectivity index (χ1) is 14.4. The zero-order chi connectivity index (χ0) is 19.2. The van der Waals surface area contributed by atoms with Gasteiger partial charge in [0.25, 0.3) is 0 Å². The summed E-state index contributed by atoms with van der Waals surface area (Å²) in [4.78, 5) is 14.5. The Labute approximate surface area is 171 Å². The normalized spacial score (nSPS) is 11.4. The van der Waals surface area contributed by atoms with E-state index in [2.05, 4.69) is 30.5 Å². The monoisotopic (exact) mass is 388 g/mol. The number of nitrogens with zero attached hydrogens (tertiary/aromatic N) is 3. The van der Waals surface area contributed by atoms with Crippen molar-refractivity contribution in [3.05, 3.63) is 91.1 Å². The Morgan fingerprint density at radius 2 is 1.48 bits per heavy atom. The van der Waals surface area contributed by atoms with Crippen molar-refractivity contribution in [3.8, 4) is 22.0 Å². The highest BCUT2D eigenvalue weighted by Crippen LogP contribution is 2.39. The molecule has 3 heterocycles. The second-order valence-corrected chi connectivity index (χ2v) is 7.90. The lowest BCUT2D eigenvalue weighted by Crippen LogP contribution is -1.94. The first-order valence-electron chi connectivity index (χ1n) is 9.39. The molecule has 0 amide bonds. The molecule has 0 aliphatic carbocycles. The van der Waals surface area contributed by atoms with Gasteiger partial charge in [-0.05, 0) is 29.7 Å². The maximum absolute atomic E-state index is 4.92. The Balaban J connectivity index is 1.68. The summed E-state index contributed by atoms with van der Waals surface area (Å²) in [6.45, 7) is 0. The topological polar surface area (TPSA) is 38.7 Å². The van der Waals surface area contributed by atoms with Crippen molar-refractivity contribution in [2.45, 2.75) is 0 Å². The van der Waals surface area contributed by atoms with Gasteiger partial charge in [-0.2, -0.15) is 0 Å². The molecule has 0 spiro atoms. The molecular formula is C25H14N3S. The molecule has 0 atom stereocenters. The molecule has 3 nitrogen and oxygen atoms in total. The van der Waals surface area contributed by atoms with Crippen LogP contribution in [0.2, 0.25) is 0 Å². The highest BCUT2D eigenvalue weighted by molar-refractivity contribution is 7.21. The van der Waals surface area contributed by atoms with Crippen molar-refractivity contribution in [1.29, 1.82) is 0 Å². The van der Waals surface area contributed by atoms with E-state index in [9.17, 15) is 0 Å². The van der Waals surface area contributed by atoms with Crippen LogP contribution in [-0.2, 0) is 0 Å². The summed E-state index contributed by atoms with van der Waals surface area (Å²) >= 11 is 1.68. The lowest BCUT2D eigenvalue weighted by atomic mass is 10.0. The number of para-hydroxylation sites is 2. The van der Waals surface area contributed by atoms with Gasteiger partial charge in [0.15, 0.2) is 0 Å². The Kier molecular flexibility index (Phi) is 3.64. The molecule has 1 radical (unpaired) electrons. The minimum Gasteiger partial charge on any atom is -0.246 e. The SMILES string of the molecule is [c]1nc(-c2ccc3ccccc3n2)c(-c2nc3ccccc3s2)c2ccccc12. The van der Waals surface area contributed by atoms with Crippen molar-refractivity contribution in [3.63, 3.8) is 0 Å². The zero-order valence-corrected chi connectivity index (χ0v) is 16.1. The first kappa shape index (κ1) is 16.3. The number of fused-ring (bicyclic) bond motifs is 3. The number of benzene rings is 3. The van der Waals surface area contributed by atoms with Gasteiger partial charge in [-0.1, -0.05) is 60.7 Å². The van der Waals surface area contributed by atoms with Crippen LogP contribution in [0.3, 0.4) is 0 Å². The van der Waals surface area contributed by atoms with Gasteiger partial charge in [0.05, 0.1) is 27.6 Å². The Morgan fingerprint density at radius 1 is 0.690 bits per heavy atom. The van der Waals surface area contributed by atoms with Crippen LogP contribution in [0.5, 0.6) is 0 Å². The maximum Gasteiger partial charge on any atom is 0.127 e. The van der Waals surface area contributed by atoms with E-state index in [4.69, 9.17) is 15.0 Å². The van der Waals surface area contributed by atoms with E-state index < -0.39 is 0 Å². The van der Waals surface area contributed by atoms with Crippen LogP contribution in [0.1, 0.15) is 0 Å². The van der Waals surface area contributed by atoms with E-state index >= 15 is 0 Å². The minimum atomic E-state index is 0.813. The van der Waals surface area contributed by atoms with Gasteiger partial charge in [-0.3, -0.25) is 0 Å². The van der Waals surface area contributed by atoms with Gasteiger partial charge in [0.2, 0.25) is 0 Å². The number of hydrogen-bond acceptors (Lipinski definition) is 4. The number of pyridine rings is 2. The molecule has 4 heteroatoms. The molecule has 0 unspecified atom stereocenters. The van der Waals surface area contributed by atoms with Crippen molar-refractivity contribution in [2.24, 2.45) is 0 Å². The van der Waals surface area contributed by atoms with Crippen LogP contribution in [0.25, 0.3) is 53.9 Å². The molecule has 6 aromatic rings. The molecule has 0 bridgehead atoms. The quantitative estimate of drug-likeness (QED) is 0.339. The average Bonchev–Trinajstić information content (AvgIpc) is 3.22. The molecule has 0 saturated heterocycles. The Morgan fingerprint density at radius 3 is 2.41 bits per heavy atom. The summed E-state index contributed by atoms with van der Waals surface area (Å²) in [5, 5.41) is 4.13. The predicted molar refractivity (Wildman–Crippen MR) is 120 cm³/mol. The number of rotatable bonds is 2. The molecule has 3 aromatic heterocycles. The molecular weight excluding hydrogens is 374 g/mol. The molecule has 6 rings (SSSR count). The summed E-state index contributed by atoms with van der Waals surface area (Å²) in [6.07, 6.45) is 3.20. The third-order valence-electron chi connectivity index (χ3n) is 5.07. The van der Waals surface area contributed by atoms with E-state index in [0.717, 1.165) is 53.9 Å². The smallest absolute Gasteiger partial charge is 0.127 e. The summed E-state index contributed by atoms with van der Waals surface area (Å²) in [5.74, 6) is 0. The fourth-order valence-corrected chi connectivity index (χ4v) is 4.70. The van der Waals surface area contributed by atoms with Gasteiger partial charge in [0.1, 0.15) is 10.7 Å². The Bertz CT molecular complexity index is 1480. The van der Waals surface area contributed by atoms with Crippen molar-refractivity contribution in [2.75, 3.05) is 0 Å². The molecule has 0 N–H and O–H groups in total. The predicted octanol–water partition coefficient (Wildman–Crippen LogP) is 6.53. The molecule has 0 aliphatic rings. The lowest BCUT2D eigenvalue weighted by Gasteiger charge is -2.10. The minimum absolute atomic E-state index is 0.813. The number of aromatic nitrogens is 3. The van der Waals surface area contributed by atoms with Gasteiger partial charge >= 0.3 is 0 Å². The highest BCUT2D eigenvalue weighted by atomic mass is 32.1. The van der Waals surface area contributed by atoms with E-state index in [0.29, 0.717) is 0 Å². The van der Waals surface area contributed by atoms with E-state index in [-0.39, 0.29) is 0 Å². The second kappa shape index (κ2) is 6.47. The second-order valence-electron chi connectivity index (χ2n) is 6.87. The summed E-state index contributed by atoms with van der Waals surface area (Å²) in [5.41, 5.74) is 4.62. The molecule has 0 fully saturated rings. The van der Waals surface area contributed by atoms with E-state index in [1.165, 1.54) is 0 Å². The van der Waals surface area contributed by atoms with E-state index in [1.807, 2.05) is 60.7 Å².